The largest absolute Gasteiger partial charge is 0.362 e. The lowest BCUT2D eigenvalue weighted by Crippen LogP contribution is -2.07. The summed E-state index contributed by atoms with van der Waals surface area (Å²) in [5, 5.41) is 19.4. The molecule has 0 fully saturated rings. The zero-order valence-electron chi connectivity index (χ0n) is 16.5. The van der Waals surface area contributed by atoms with E-state index in [2.05, 4.69) is 22.1 Å². The van der Waals surface area contributed by atoms with Gasteiger partial charge in [0.15, 0.2) is 0 Å². The zero-order valence-corrected chi connectivity index (χ0v) is 18.8. The number of halogens is 2. The second kappa shape index (κ2) is 9.91. The number of hydrogen-bond donors (Lipinski definition) is 0. The molecule has 0 N–H and O–H groups in total. The molecule has 2 aromatic heterocycles. The predicted octanol–water partition coefficient (Wildman–Crippen LogP) is 6.56. The number of benzene rings is 2. The Kier molecular flexibility index (Phi) is 6.80. The molecule has 5 nitrogen and oxygen atoms in total. The van der Waals surface area contributed by atoms with Crippen LogP contribution >= 0.6 is 34.5 Å². The Labute approximate surface area is 199 Å². The van der Waals surface area contributed by atoms with Gasteiger partial charge in [0.05, 0.1) is 49.9 Å². The van der Waals surface area contributed by atoms with E-state index in [4.69, 9.17) is 33.2 Å². The molecule has 8 heteroatoms. The Morgan fingerprint density at radius 1 is 1.00 bits per heavy atom. The number of pyridine rings is 1. The molecule has 32 heavy (non-hydrogen) atoms. The van der Waals surface area contributed by atoms with Gasteiger partial charge in [-0.25, -0.2) is 0 Å². The standard InChI is InChI=1S/C24H14Cl2N4OS/c25-21-3-1-2-19(23(21)26)20-8-16(5-6-17(20)10-28)24(22-12-29-14-32-22)31-13-18-7-4-15(9-27)11-30-18/h1-8,11-12,14,24H,13H2. The first-order valence-corrected chi connectivity index (χ1v) is 11.1. The van der Waals surface area contributed by atoms with Crippen LogP contribution in [0.15, 0.2) is 66.4 Å². The molecule has 1 unspecified atom stereocenters. The van der Waals surface area contributed by atoms with Crippen LogP contribution in [-0.4, -0.2) is 9.97 Å². The van der Waals surface area contributed by atoms with Gasteiger partial charge in [0.25, 0.3) is 0 Å². The molecule has 1 atom stereocenters. The topological polar surface area (TPSA) is 82.6 Å². The molecule has 0 amide bonds. The summed E-state index contributed by atoms with van der Waals surface area (Å²) in [5.41, 5.74) is 5.60. The van der Waals surface area contributed by atoms with Gasteiger partial charge in [-0.05, 0) is 35.9 Å². The number of rotatable bonds is 6. The third-order valence-electron chi connectivity index (χ3n) is 4.77. The molecule has 0 spiro atoms. The van der Waals surface area contributed by atoms with Gasteiger partial charge in [-0.1, -0.05) is 41.4 Å². The van der Waals surface area contributed by atoms with Gasteiger partial charge < -0.3 is 4.74 Å². The molecular weight excluding hydrogens is 463 g/mol. The Bertz CT molecular complexity index is 1330. The SMILES string of the molecule is N#Cc1ccc(COC(c2ccc(C#N)c(-c3cccc(Cl)c3Cl)c2)c2cncs2)nc1. The maximum Gasteiger partial charge on any atom is 0.119 e. The predicted molar refractivity (Wildman–Crippen MR) is 124 cm³/mol. The van der Waals surface area contributed by atoms with E-state index in [1.807, 2.05) is 18.2 Å². The van der Waals surface area contributed by atoms with Crippen LogP contribution in [0.4, 0.5) is 0 Å². The summed E-state index contributed by atoms with van der Waals surface area (Å²) < 4.78 is 6.23. The maximum atomic E-state index is 9.65. The fourth-order valence-corrected chi connectivity index (χ4v) is 4.29. The van der Waals surface area contributed by atoms with Crippen LogP contribution in [0.5, 0.6) is 0 Å². The fourth-order valence-electron chi connectivity index (χ4n) is 3.20. The number of aromatic nitrogens is 2. The third kappa shape index (κ3) is 4.65. The maximum absolute atomic E-state index is 9.65. The molecule has 0 aliphatic heterocycles. The summed E-state index contributed by atoms with van der Waals surface area (Å²) in [7, 11) is 0. The van der Waals surface area contributed by atoms with E-state index < -0.39 is 6.10 Å². The molecule has 156 valence electrons. The lowest BCUT2D eigenvalue weighted by atomic mass is 9.95. The van der Waals surface area contributed by atoms with Crippen LogP contribution < -0.4 is 0 Å². The molecule has 0 saturated carbocycles. The van der Waals surface area contributed by atoms with Gasteiger partial charge in [0.1, 0.15) is 12.2 Å². The molecule has 0 saturated heterocycles. The van der Waals surface area contributed by atoms with E-state index in [9.17, 15) is 5.26 Å². The molecule has 2 heterocycles. The van der Waals surface area contributed by atoms with Crippen molar-refractivity contribution in [2.45, 2.75) is 12.7 Å². The molecule has 2 aromatic carbocycles. The molecule has 0 radical (unpaired) electrons. The van der Waals surface area contributed by atoms with Crippen LogP contribution in [0.1, 0.15) is 33.4 Å². The van der Waals surface area contributed by atoms with Crippen molar-refractivity contribution in [3.8, 4) is 23.3 Å². The summed E-state index contributed by atoms with van der Waals surface area (Å²) in [6.07, 6.45) is 2.84. The van der Waals surface area contributed by atoms with Gasteiger partial charge in [0, 0.05) is 23.5 Å². The van der Waals surface area contributed by atoms with Gasteiger partial charge in [0.2, 0.25) is 0 Å². The minimum Gasteiger partial charge on any atom is -0.362 e. The summed E-state index contributed by atoms with van der Waals surface area (Å²) in [6.45, 7) is 0.238. The smallest absolute Gasteiger partial charge is 0.119 e. The van der Waals surface area contributed by atoms with Crippen molar-refractivity contribution in [1.29, 1.82) is 10.5 Å². The van der Waals surface area contributed by atoms with Crippen molar-refractivity contribution < 1.29 is 4.74 Å². The molecule has 4 rings (SSSR count). The van der Waals surface area contributed by atoms with E-state index in [0.717, 1.165) is 10.4 Å². The minimum absolute atomic E-state index is 0.238. The normalized spacial score (nSPS) is 11.5. The van der Waals surface area contributed by atoms with Crippen LogP contribution in [0.2, 0.25) is 10.0 Å². The number of nitrogens with zero attached hydrogens (tertiary/aromatic N) is 4. The molecular formula is C24H14Cl2N4OS. The second-order valence-corrected chi connectivity index (χ2v) is 8.47. The first kappa shape index (κ1) is 22.0. The van der Waals surface area contributed by atoms with Gasteiger partial charge in [-0.2, -0.15) is 10.5 Å². The Hall–Kier alpha value is -3.26. The Balaban J connectivity index is 1.72. The highest BCUT2D eigenvalue weighted by Crippen LogP contribution is 2.38. The highest BCUT2D eigenvalue weighted by atomic mass is 35.5. The van der Waals surface area contributed by atoms with Crippen LogP contribution in [0.3, 0.4) is 0 Å². The van der Waals surface area contributed by atoms with E-state index >= 15 is 0 Å². The van der Waals surface area contributed by atoms with E-state index in [1.54, 1.807) is 42.0 Å². The van der Waals surface area contributed by atoms with Crippen molar-refractivity contribution in [3.05, 3.63) is 104 Å². The number of hydrogen-bond acceptors (Lipinski definition) is 6. The second-order valence-electron chi connectivity index (χ2n) is 6.76. The zero-order chi connectivity index (χ0) is 22.5. The molecule has 4 aromatic rings. The highest BCUT2D eigenvalue weighted by Gasteiger charge is 2.20. The van der Waals surface area contributed by atoms with Crippen LogP contribution in [0, 0.1) is 22.7 Å². The summed E-state index contributed by atoms with van der Waals surface area (Å²) in [5.74, 6) is 0. The molecule has 0 aliphatic rings. The summed E-state index contributed by atoms with van der Waals surface area (Å²) in [4.78, 5) is 9.37. The minimum atomic E-state index is -0.426. The average Bonchev–Trinajstić information content (AvgIpc) is 3.36. The van der Waals surface area contributed by atoms with Crippen molar-refractivity contribution in [2.24, 2.45) is 0 Å². The highest BCUT2D eigenvalue weighted by molar-refractivity contribution is 7.09. The first-order valence-electron chi connectivity index (χ1n) is 9.44. The first-order chi connectivity index (χ1) is 15.6. The van der Waals surface area contributed by atoms with E-state index in [1.165, 1.54) is 17.5 Å². The number of thiazole rings is 1. The summed E-state index contributed by atoms with van der Waals surface area (Å²) >= 11 is 14.1. The van der Waals surface area contributed by atoms with E-state index in [-0.39, 0.29) is 6.61 Å². The van der Waals surface area contributed by atoms with Gasteiger partial charge >= 0.3 is 0 Å². The van der Waals surface area contributed by atoms with Gasteiger partial charge in [-0.15, -0.1) is 11.3 Å². The average molecular weight is 477 g/mol. The quantitative estimate of drug-likeness (QED) is 0.314. The number of nitriles is 2. The lowest BCUT2D eigenvalue weighted by Gasteiger charge is -2.19. The molecule has 0 aliphatic carbocycles. The monoisotopic (exact) mass is 476 g/mol. The van der Waals surface area contributed by atoms with Crippen LogP contribution in [-0.2, 0) is 11.3 Å². The van der Waals surface area contributed by atoms with Crippen molar-refractivity contribution in [1.82, 2.24) is 9.97 Å². The Morgan fingerprint density at radius 3 is 2.56 bits per heavy atom. The van der Waals surface area contributed by atoms with Crippen molar-refractivity contribution >= 4 is 34.5 Å². The Morgan fingerprint density at radius 2 is 1.88 bits per heavy atom. The molecule has 0 bridgehead atoms. The third-order valence-corrected chi connectivity index (χ3v) is 6.41. The van der Waals surface area contributed by atoms with Crippen molar-refractivity contribution in [2.75, 3.05) is 0 Å². The number of ether oxygens (including phenoxy) is 1. The van der Waals surface area contributed by atoms with E-state index in [0.29, 0.717) is 38.0 Å². The summed E-state index contributed by atoms with van der Waals surface area (Å²) in [6, 6.07) is 18.6. The lowest BCUT2D eigenvalue weighted by molar-refractivity contribution is 0.0667. The van der Waals surface area contributed by atoms with Crippen LogP contribution in [0.25, 0.3) is 11.1 Å². The fraction of sp³-hybridized carbons (Fsp3) is 0.0833. The van der Waals surface area contributed by atoms with Crippen molar-refractivity contribution in [3.63, 3.8) is 0 Å². The van der Waals surface area contributed by atoms with Gasteiger partial charge in [-0.3, -0.25) is 9.97 Å².